The molecule has 0 radical (unpaired) electrons. The molecule has 0 saturated carbocycles. The Labute approximate surface area is 107 Å². The van der Waals surface area contributed by atoms with Gasteiger partial charge in [-0.3, -0.25) is 4.79 Å². The average Bonchev–Trinajstić information content (AvgIpc) is 2.68. The molecule has 1 atom stereocenters. The number of carbonyl (C=O) groups is 1. The van der Waals surface area contributed by atoms with Crippen LogP contribution in [0.2, 0.25) is 0 Å². The van der Waals surface area contributed by atoms with Crippen LogP contribution in [0.4, 0.5) is 0 Å². The Balaban J connectivity index is 2.19. The van der Waals surface area contributed by atoms with Crippen molar-refractivity contribution in [1.82, 2.24) is 14.5 Å². The Morgan fingerprint density at radius 2 is 2.33 bits per heavy atom. The summed E-state index contributed by atoms with van der Waals surface area (Å²) in [6, 6.07) is 0. The predicted octanol–water partition coefficient (Wildman–Crippen LogP) is 1.11. The first-order chi connectivity index (χ1) is 8.47. The molecule has 0 aromatic carbocycles. The summed E-state index contributed by atoms with van der Waals surface area (Å²) in [5.74, 6) is -0.0286. The van der Waals surface area contributed by atoms with E-state index in [0.717, 1.165) is 18.5 Å². The summed E-state index contributed by atoms with van der Waals surface area (Å²) in [4.78, 5) is 18.3. The van der Waals surface area contributed by atoms with Gasteiger partial charge in [0.05, 0.1) is 17.6 Å². The van der Waals surface area contributed by atoms with Gasteiger partial charge < -0.3 is 14.6 Å². The topological polar surface area (TPSA) is 58.4 Å². The van der Waals surface area contributed by atoms with Crippen molar-refractivity contribution in [1.29, 1.82) is 0 Å². The lowest BCUT2D eigenvalue weighted by Crippen LogP contribution is -2.50. The van der Waals surface area contributed by atoms with Crippen LogP contribution in [-0.4, -0.2) is 44.2 Å². The van der Waals surface area contributed by atoms with Crippen molar-refractivity contribution in [2.75, 3.05) is 13.1 Å². The predicted molar refractivity (Wildman–Crippen MR) is 68.3 cm³/mol. The number of hydrogen-bond acceptors (Lipinski definition) is 3. The highest BCUT2D eigenvalue weighted by molar-refractivity contribution is 5.93. The fourth-order valence-electron chi connectivity index (χ4n) is 2.58. The smallest absolute Gasteiger partial charge is 0.272 e. The quantitative estimate of drug-likeness (QED) is 0.856. The first-order valence-corrected chi connectivity index (χ1v) is 6.46. The molecule has 18 heavy (non-hydrogen) atoms. The molecule has 0 aliphatic carbocycles. The van der Waals surface area contributed by atoms with E-state index >= 15 is 0 Å². The molecule has 2 heterocycles. The third kappa shape index (κ3) is 2.27. The van der Waals surface area contributed by atoms with Gasteiger partial charge in [-0.2, -0.15) is 0 Å². The van der Waals surface area contributed by atoms with Crippen molar-refractivity contribution in [3.05, 3.63) is 17.7 Å². The fraction of sp³-hybridized carbons (Fsp3) is 0.692. The number of nitrogens with zero attached hydrogens (tertiary/aromatic N) is 3. The molecule has 5 heteroatoms. The molecule has 0 unspecified atom stereocenters. The number of amides is 1. The molecule has 1 aromatic rings. The zero-order chi connectivity index (χ0) is 13.3. The molecule has 100 valence electrons. The Kier molecular flexibility index (Phi) is 3.43. The maximum atomic E-state index is 12.5. The van der Waals surface area contributed by atoms with Gasteiger partial charge in [-0.25, -0.2) is 4.98 Å². The van der Waals surface area contributed by atoms with Crippen molar-refractivity contribution >= 4 is 5.91 Å². The van der Waals surface area contributed by atoms with Crippen LogP contribution in [0.15, 0.2) is 6.33 Å². The second-order valence-electron chi connectivity index (χ2n) is 5.20. The maximum absolute atomic E-state index is 12.5. The van der Waals surface area contributed by atoms with Crippen molar-refractivity contribution in [2.45, 2.75) is 38.7 Å². The number of aromatic nitrogens is 2. The van der Waals surface area contributed by atoms with Crippen molar-refractivity contribution in [2.24, 2.45) is 7.05 Å². The minimum absolute atomic E-state index is 0.0286. The van der Waals surface area contributed by atoms with Gasteiger partial charge in [0, 0.05) is 20.1 Å². The molecular formula is C13H21N3O2. The zero-order valence-electron chi connectivity index (χ0n) is 11.3. The van der Waals surface area contributed by atoms with Crippen LogP contribution in [0, 0.1) is 6.92 Å². The maximum Gasteiger partial charge on any atom is 0.272 e. The highest BCUT2D eigenvalue weighted by Crippen LogP contribution is 2.25. The summed E-state index contributed by atoms with van der Waals surface area (Å²) < 4.78 is 1.75. The molecule has 1 aliphatic heterocycles. The lowest BCUT2D eigenvalue weighted by molar-refractivity contribution is -0.0272. The van der Waals surface area contributed by atoms with Crippen LogP contribution in [0.3, 0.4) is 0 Å². The van der Waals surface area contributed by atoms with Crippen molar-refractivity contribution in [3.8, 4) is 0 Å². The molecule has 1 fully saturated rings. The van der Waals surface area contributed by atoms with Gasteiger partial charge >= 0.3 is 0 Å². The van der Waals surface area contributed by atoms with Crippen molar-refractivity contribution < 1.29 is 9.90 Å². The monoisotopic (exact) mass is 251 g/mol. The first kappa shape index (κ1) is 13.1. The molecule has 1 saturated heterocycles. The number of likely N-dealkylation sites (tertiary alicyclic amines) is 1. The highest BCUT2D eigenvalue weighted by Gasteiger charge is 2.34. The molecule has 1 amide bonds. The fourth-order valence-corrected chi connectivity index (χ4v) is 2.58. The van der Waals surface area contributed by atoms with Gasteiger partial charge in [-0.1, -0.05) is 6.92 Å². The van der Waals surface area contributed by atoms with Gasteiger partial charge in [0.15, 0.2) is 0 Å². The van der Waals surface area contributed by atoms with E-state index in [0.29, 0.717) is 25.2 Å². The largest absolute Gasteiger partial charge is 0.388 e. The minimum atomic E-state index is -0.722. The van der Waals surface area contributed by atoms with E-state index in [9.17, 15) is 9.90 Å². The number of β-amino-alcohol motifs (C(OH)–C–C–N with tert-alkyl or cyclic N) is 1. The SMILES string of the molecule is CC[C@@]1(O)CCCN(C(=O)c2c(C)ncn2C)C1. The van der Waals surface area contributed by atoms with Gasteiger partial charge in [0.2, 0.25) is 0 Å². The van der Waals surface area contributed by atoms with E-state index < -0.39 is 5.60 Å². The minimum Gasteiger partial charge on any atom is -0.388 e. The van der Waals surface area contributed by atoms with Crippen molar-refractivity contribution in [3.63, 3.8) is 0 Å². The first-order valence-electron chi connectivity index (χ1n) is 6.46. The Hall–Kier alpha value is -1.36. The second kappa shape index (κ2) is 4.72. The highest BCUT2D eigenvalue weighted by atomic mass is 16.3. The van der Waals surface area contributed by atoms with Crippen LogP contribution in [0.5, 0.6) is 0 Å². The third-order valence-corrected chi connectivity index (χ3v) is 3.82. The standard InChI is InChI=1S/C13H21N3O2/c1-4-13(18)6-5-7-16(8-13)12(17)11-10(2)14-9-15(11)3/h9,18H,4-8H2,1-3H3/t13-/m1/s1. The molecular weight excluding hydrogens is 230 g/mol. The molecule has 5 nitrogen and oxygen atoms in total. The van der Waals surface area contributed by atoms with E-state index in [-0.39, 0.29) is 5.91 Å². The number of aliphatic hydroxyl groups is 1. The van der Waals surface area contributed by atoms with Gasteiger partial charge in [-0.15, -0.1) is 0 Å². The van der Waals surface area contributed by atoms with E-state index in [1.807, 2.05) is 20.9 Å². The molecule has 0 bridgehead atoms. The summed E-state index contributed by atoms with van der Waals surface area (Å²) in [6.07, 6.45) is 3.96. The summed E-state index contributed by atoms with van der Waals surface area (Å²) in [5, 5.41) is 10.3. The number of hydrogen-bond donors (Lipinski definition) is 1. The lowest BCUT2D eigenvalue weighted by Gasteiger charge is -2.38. The van der Waals surface area contributed by atoms with E-state index in [1.54, 1.807) is 15.8 Å². The number of rotatable bonds is 2. The van der Waals surface area contributed by atoms with Crippen LogP contribution in [0.25, 0.3) is 0 Å². The van der Waals surface area contributed by atoms with Crippen LogP contribution in [0.1, 0.15) is 42.4 Å². The number of aryl methyl sites for hydroxylation is 2. The second-order valence-corrected chi connectivity index (χ2v) is 5.20. The van der Waals surface area contributed by atoms with E-state index in [4.69, 9.17) is 0 Å². The average molecular weight is 251 g/mol. The number of piperidine rings is 1. The number of imidazole rings is 1. The number of carbonyl (C=O) groups excluding carboxylic acids is 1. The van der Waals surface area contributed by atoms with E-state index in [2.05, 4.69) is 4.98 Å². The Morgan fingerprint density at radius 1 is 1.61 bits per heavy atom. The van der Waals surface area contributed by atoms with Gasteiger partial charge in [0.1, 0.15) is 5.69 Å². The van der Waals surface area contributed by atoms with Gasteiger partial charge in [0.25, 0.3) is 5.91 Å². The van der Waals surface area contributed by atoms with E-state index in [1.165, 1.54) is 0 Å². The summed E-state index contributed by atoms with van der Waals surface area (Å²) >= 11 is 0. The lowest BCUT2D eigenvalue weighted by atomic mass is 9.90. The molecule has 2 rings (SSSR count). The molecule has 1 N–H and O–H groups in total. The van der Waals surface area contributed by atoms with Crippen LogP contribution >= 0.6 is 0 Å². The van der Waals surface area contributed by atoms with Crippen LogP contribution < -0.4 is 0 Å². The molecule has 0 spiro atoms. The summed E-state index contributed by atoms with van der Waals surface area (Å²) in [6.45, 7) is 4.94. The zero-order valence-corrected chi connectivity index (χ0v) is 11.3. The molecule has 1 aromatic heterocycles. The molecule has 1 aliphatic rings. The normalized spacial score (nSPS) is 24.3. The Bertz CT molecular complexity index is 436. The summed E-state index contributed by atoms with van der Waals surface area (Å²) in [5.41, 5.74) is 0.643. The third-order valence-electron chi connectivity index (χ3n) is 3.82. The van der Waals surface area contributed by atoms with Crippen LogP contribution in [-0.2, 0) is 7.05 Å². The van der Waals surface area contributed by atoms with Gasteiger partial charge in [-0.05, 0) is 26.2 Å². The Morgan fingerprint density at radius 3 is 2.89 bits per heavy atom. The summed E-state index contributed by atoms with van der Waals surface area (Å²) in [7, 11) is 1.82.